The molecule has 0 unspecified atom stereocenters. The number of hydrogen-bond acceptors (Lipinski definition) is 4. The minimum Gasteiger partial charge on any atom is -0.494 e. The maximum Gasteiger partial charge on any atom is 0.295 e. The Labute approximate surface area is 132 Å². The van der Waals surface area contributed by atoms with Gasteiger partial charge in [0.1, 0.15) is 25.3 Å². The molecule has 0 bridgehead atoms. The van der Waals surface area contributed by atoms with Crippen molar-refractivity contribution in [2.45, 2.75) is 6.54 Å². The number of nitrogens with zero attached hydrogens (tertiary/aromatic N) is 2. The van der Waals surface area contributed by atoms with Crippen molar-refractivity contribution in [1.82, 2.24) is 9.78 Å². The average molecular weight is 320 g/mol. The molecule has 3 rings (SSSR count). The summed E-state index contributed by atoms with van der Waals surface area (Å²) in [5.41, 5.74) is 1.03. The summed E-state index contributed by atoms with van der Waals surface area (Å²) in [5, 5.41) is 7.64. The first-order chi connectivity index (χ1) is 10.7. The number of nitrogens with one attached hydrogen (secondary N) is 1. The lowest BCUT2D eigenvalue weighted by Gasteiger charge is -2.15. The Hall–Kier alpha value is -2.47. The number of carbonyl (C=O) groups is 1. The van der Waals surface area contributed by atoms with E-state index in [2.05, 4.69) is 10.4 Å². The fourth-order valence-electron chi connectivity index (χ4n) is 1.99. The molecule has 1 N–H and O–H groups in total. The highest BCUT2D eigenvalue weighted by Gasteiger charge is 2.16. The van der Waals surface area contributed by atoms with Gasteiger partial charge in [0.2, 0.25) is 5.76 Å². The number of amides is 1. The zero-order chi connectivity index (χ0) is 15.4. The monoisotopic (exact) mass is 319 g/mol. The second-order valence-corrected chi connectivity index (χ2v) is 5.09. The Balaban J connectivity index is 1.70. The van der Waals surface area contributed by atoms with Crippen LogP contribution in [0.3, 0.4) is 0 Å². The zero-order valence-electron chi connectivity index (χ0n) is 11.7. The minimum absolute atomic E-state index is 0.158. The van der Waals surface area contributed by atoms with E-state index in [1.54, 1.807) is 16.9 Å². The Morgan fingerprint density at radius 3 is 2.82 bits per heavy atom. The summed E-state index contributed by atoms with van der Waals surface area (Å²) >= 11 is 5.87. The molecule has 114 valence electrons. The van der Waals surface area contributed by atoms with E-state index in [-0.39, 0.29) is 11.7 Å². The van der Waals surface area contributed by atoms with Crippen LogP contribution in [0.15, 0.2) is 48.5 Å². The van der Waals surface area contributed by atoms with Crippen molar-refractivity contribution in [2.24, 2.45) is 0 Å². The van der Waals surface area contributed by atoms with Crippen LogP contribution in [0.4, 0.5) is 5.82 Å². The van der Waals surface area contributed by atoms with Gasteiger partial charge in [0, 0.05) is 11.1 Å². The highest BCUT2D eigenvalue weighted by molar-refractivity contribution is 6.30. The Bertz CT molecular complexity index is 694. The van der Waals surface area contributed by atoms with Gasteiger partial charge in [0.05, 0.1) is 12.7 Å². The molecule has 0 saturated carbocycles. The maximum absolute atomic E-state index is 12.1. The fraction of sp³-hybridized carbons (Fsp3) is 0.200. The Morgan fingerprint density at radius 1 is 1.27 bits per heavy atom. The number of rotatable bonds is 4. The third-order valence-corrected chi connectivity index (χ3v) is 3.33. The molecule has 1 aliphatic heterocycles. The minimum atomic E-state index is -0.363. The van der Waals surface area contributed by atoms with Crippen LogP contribution in [0.2, 0.25) is 5.02 Å². The third-order valence-electron chi connectivity index (χ3n) is 3.08. The van der Waals surface area contributed by atoms with Crippen LogP contribution in [0.1, 0.15) is 5.56 Å². The van der Waals surface area contributed by atoms with E-state index in [1.807, 2.05) is 24.3 Å². The Kier molecular flexibility index (Phi) is 4.29. The van der Waals surface area contributed by atoms with Gasteiger partial charge in [-0.05, 0) is 17.7 Å². The summed E-state index contributed by atoms with van der Waals surface area (Å²) in [6.07, 6.45) is 2.94. The summed E-state index contributed by atoms with van der Waals surface area (Å²) in [6.45, 7) is 1.34. The first-order valence-electron chi connectivity index (χ1n) is 6.74. The molecule has 2 heterocycles. The molecule has 1 amide bonds. The largest absolute Gasteiger partial charge is 0.494 e. The average Bonchev–Trinajstić information content (AvgIpc) is 2.97. The molecule has 1 aliphatic rings. The molecule has 1 aromatic carbocycles. The van der Waals surface area contributed by atoms with Gasteiger partial charge in [-0.25, -0.2) is 4.68 Å². The number of ether oxygens (including phenoxy) is 2. The Morgan fingerprint density at radius 2 is 2.09 bits per heavy atom. The standard InChI is InChI=1S/C15H14ClN3O3/c16-12-3-1-11(2-4-12)9-19-14(5-6-17-19)18-15(20)13-10-21-7-8-22-13/h1-6,10H,7-9H2,(H,18,20). The predicted octanol–water partition coefficient (Wildman–Crippen LogP) is 2.41. The van der Waals surface area contributed by atoms with Gasteiger partial charge in [0.15, 0.2) is 0 Å². The molecule has 0 atom stereocenters. The summed E-state index contributed by atoms with van der Waals surface area (Å²) in [7, 11) is 0. The second kappa shape index (κ2) is 6.53. The van der Waals surface area contributed by atoms with Gasteiger partial charge in [0.25, 0.3) is 5.91 Å². The highest BCUT2D eigenvalue weighted by Crippen LogP contribution is 2.15. The first-order valence-corrected chi connectivity index (χ1v) is 7.12. The molecule has 0 saturated heterocycles. The smallest absolute Gasteiger partial charge is 0.295 e. The van der Waals surface area contributed by atoms with Crippen molar-refractivity contribution in [3.63, 3.8) is 0 Å². The molecule has 2 aromatic rings. The molecule has 7 heteroatoms. The van der Waals surface area contributed by atoms with E-state index in [4.69, 9.17) is 21.1 Å². The summed E-state index contributed by atoms with van der Waals surface area (Å²) < 4.78 is 12.0. The topological polar surface area (TPSA) is 65.4 Å². The molecule has 6 nitrogen and oxygen atoms in total. The van der Waals surface area contributed by atoms with Gasteiger partial charge < -0.3 is 14.8 Å². The molecule has 22 heavy (non-hydrogen) atoms. The van der Waals surface area contributed by atoms with Crippen LogP contribution in [-0.2, 0) is 20.8 Å². The molecule has 0 aliphatic carbocycles. The summed E-state index contributed by atoms with van der Waals surface area (Å²) in [6, 6.07) is 9.18. The van der Waals surface area contributed by atoms with Gasteiger partial charge in [-0.3, -0.25) is 4.79 Å². The maximum atomic E-state index is 12.1. The first kappa shape index (κ1) is 14.5. The van der Waals surface area contributed by atoms with Gasteiger partial charge in [-0.1, -0.05) is 23.7 Å². The quantitative estimate of drug-likeness (QED) is 0.940. The lowest BCUT2D eigenvalue weighted by molar-refractivity contribution is -0.117. The van der Waals surface area contributed by atoms with Crippen LogP contribution in [0.25, 0.3) is 0 Å². The lowest BCUT2D eigenvalue weighted by Crippen LogP contribution is -2.22. The zero-order valence-corrected chi connectivity index (χ0v) is 12.4. The van der Waals surface area contributed by atoms with Crippen molar-refractivity contribution in [1.29, 1.82) is 0 Å². The normalized spacial score (nSPS) is 13.8. The number of halogens is 1. The van der Waals surface area contributed by atoms with Crippen molar-refractivity contribution in [3.8, 4) is 0 Å². The van der Waals surface area contributed by atoms with E-state index in [0.717, 1.165) is 5.56 Å². The third kappa shape index (κ3) is 3.40. The van der Waals surface area contributed by atoms with Gasteiger partial charge >= 0.3 is 0 Å². The van der Waals surface area contributed by atoms with Gasteiger partial charge in [-0.2, -0.15) is 5.10 Å². The number of aromatic nitrogens is 2. The van der Waals surface area contributed by atoms with Crippen molar-refractivity contribution in [3.05, 3.63) is 59.1 Å². The van der Waals surface area contributed by atoms with E-state index < -0.39 is 0 Å². The number of benzene rings is 1. The lowest BCUT2D eigenvalue weighted by atomic mass is 10.2. The van der Waals surface area contributed by atoms with E-state index >= 15 is 0 Å². The van der Waals surface area contributed by atoms with Crippen molar-refractivity contribution in [2.75, 3.05) is 18.5 Å². The molecule has 0 spiro atoms. The van der Waals surface area contributed by atoms with E-state index in [1.165, 1.54) is 6.26 Å². The van der Waals surface area contributed by atoms with Crippen molar-refractivity contribution < 1.29 is 14.3 Å². The van der Waals surface area contributed by atoms with Crippen LogP contribution < -0.4 is 5.32 Å². The fourth-order valence-corrected chi connectivity index (χ4v) is 2.12. The number of anilines is 1. The summed E-state index contributed by atoms with van der Waals surface area (Å²) in [5.74, 6) is 0.373. The van der Waals surface area contributed by atoms with E-state index in [0.29, 0.717) is 30.6 Å². The molecular weight excluding hydrogens is 306 g/mol. The predicted molar refractivity (Wildman–Crippen MR) is 81.4 cm³/mol. The van der Waals surface area contributed by atoms with Crippen LogP contribution in [0.5, 0.6) is 0 Å². The number of carbonyl (C=O) groups excluding carboxylic acids is 1. The summed E-state index contributed by atoms with van der Waals surface area (Å²) in [4.78, 5) is 12.1. The van der Waals surface area contributed by atoms with Gasteiger partial charge in [-0.15, -0.1) is 0 Å². The van der Waals surface area contributed by atoms with Crippen LogP contribution >= 0.6 is 11.6 Å². The van der Waals surface area contributed by atoms with Crippen LogP contribution in [-0.4, -0.2) is 28.9 Å². The van der Waals surface area contributed by atoms with E-state index in [9.17, 15) is 4.79 Å². The van der Waals surface area contributed by atoms with Crippen LogP contribution in [0, 0.1) is 0 Å². The highest BCUT2D eigenvalue weighted by atomic mass is 35.5. The molecule has 0 radical (unpaired) electrons. The SMILES string of the molecule is O=C(Nc1ccnn1Cc1ccc(Cl)cc1)C1=COCCO1. The molecule has 1 aromatic heterocycles. The molecular formula is C15H14ClN3O3. The number of hydrogen-bond donors (Lipinski definition) is 1. The molecule has 0 fully saturated rings. The second-order valence-electron chi connectivity index (χ2n) is 4.66. The van der Waals surface area contributed by atoms with Crippen molar-refractivity contribution >= 4 is 23.3 Å².